The molecule has 0 bridgehead atoms. The van der Waals surface area contributed by atoms with Crippen LogP contribution in [-0.2, 0) is 4.79 Å². The Morgan fingerprint density at radius 1 is 1.52 bits per heavy atom. The van der Waals surface area contributed by atoms with Crippen LogP contribution in [0, 0.1) is 0 Å². The minimum absolute atomic E-state index is 0.0670. The van der Waals surface area contributed by atoms with Crippen LogP contribution in [0.15, 0.2) is 41.1 Å². The van der Waals surface area contributed by atoms with Gasteiger partial charge in [-0.2, -0.15) is 0 Å². The van der Waals surface area contributed by atoms with Crippen LogP contribution in [0.25, 0.3) is 11.3 Å². The Kier molecular flexibility index (Phi) is 5.41. The van der Waals surface area contributed by atoms with Gasteiger partial charge in [-0.3, -0.25) is 4.79 Å². The maximum Gasteiger partial charge on any atom is 0.221 e. The molecule has 2 aromatic rings. The molecule has 2 rings (SSSR count). The largest absolute Gasteiger partial charge is 0.358 e. The predicted octanol–water partition coefficient (Wildman–Crippen LogP) is 4.09. The zero-order valence-electron chi connectivity index (χ0n) is 12.0. The van der Waals surface area contributed by atoms with Crippen LogP contribution in [0.1, 0.15) is 6.92 Å². The van der Waals surface area contributed by atoms with E-state index in [0.717, 1.165) is 27.0 Å². The molecule has 0 unspecified atom stereocenters. The number of carbonyl (C=O) groups is 1. The molecule has 4 nitrogen and oxygen atoms in total. The molecule has 0 saturated heterocycles. The molecule has 0 atom stereocenters. The van der Waals surface area contributed by atoms with Crippen LogP contribution in [0.4, 0.5) is 10.8 Å². The molecule has 21 heavy (non-hydrogen) atoms. The van der Waals surface area contributed by atoms with Crippen LogP contribution in [-0.4, -0.2) is 23.7 Å². The average Bonchev–Trinajstić information content (AvgIpc) is 2.93. The zero-order valence-corrected chi connectivity index (χ0v) is 13.6. The fourth-order valence-corrected chi connectivity index (χ4v) is 3.10. The molecule has 1 amide bonds. The van der Waals surface area contributed by atoms with Gasteiger partial charge in [-0.1, -0.05) is 12.1 Å². The Morgan fingerprint density at radius 2 is 2.33 bits per heavy atom. The lowest BCUT2D eigenvalue weighted by Crippen LogP contribution is -2.06. The number of nitrogens with zero attached hydrogens (tertiary/aromatic N) is 1. The van der Waals surface area contributed by atoms with Gasteiger partial charge < -0.3 is 10.6 Å². The van der Waals surface area contributed by atoms with E-state index < -0.39 is 0 Å². The van der Waals surface area contributed by atoms with Crippen LogP contribution in [0.3, 0.4) is 0 Å². The number of thiazole rings is 1. The van der Waals surface area contributed by atoms with Gasteiger partial charge in [0.05, 0.1) is 11.4 Å². The van der Waals surface area contributed by atoms with Crippen LogP contribution >= 0.6 is 23.1 Å². The van der Waals surface area contributed by atoms with Crippen molar-refractivity contribution < 1.29 is 4.79 Å². The van der Waals surface area contributed by atoms with E-state index in [0.29, 0.717) is 6.54 Å². The van der Waals surface area contributed by atoms with E-state index in [1.165, 1.54) is 6.92 Å². The molecule has 0 radical (unpaired) electrons. The highest BCUT2D eigenvalue weighted by Gasteiger charge is 2.09. The number of aromatic nitrogens is 1. The van der Waals surface area contributed by atoms with Gasteiger partial charge in [0, 0.05) is 29.3 Å². The van der Waals surface area contributed by atoms with Gasteiger partial charge in [-0.05, 0) is 18.4 Å². The van der Waals surface area contributed by atoms with E-state index in [4.69, 9.17) is 0 Å². The standard InChI is InChI=1S/C15H17N3OS2/c1-4-7-16-15-18-13(9-21-15)11-5-6-12(17-10(2)19)14(8-11)20-3/h4-6,8-9H,1,7H2,2-3H3,(H,16,18)(H,17,19). The Balaban J connectivity index is 2.25. The quantitative estimate of drug-likeness (QED) is 0.622. The molecule has 1 heterocycles. The number of thioether (sulfide) groups is 1. The molecule has 1 aromatic heterocycles. The summed E-state index contributed by atoms with van der Waals surface area (Å²) in [6.45, 7) is 5.88. The van der Waals surface area contributed by atoms with Crippen molar-refractivity contribution >= 4 is 39.8 Å². The second kappa shape index (κ2) is 7.28. The Hall–Kier alpha value is -1.79. The molecule has 0 aliphatic carbocycles. The number of rotatable bonds is 6. The van der Waals surface area contributed by atoms with E-state index >= 15 is 0 Å². The van der Waals surface area contributed by atoms with Gasteiger partial charge >= 0.3 is 0 Å². The number of nitrogens with one attached hydrogen (secondary N) is 2. The first-order valence-electron chi connectivity index (χ1n) is 6.40. The highest BCUT2D eigenvalue weighted by Crippen LogP contribution is 2.32. The second-order valence-corrected chi connectivity index (χ2v) is 6.01. The molecule has 0 saturated carbocycles. The second-order valence-electron chi connectivity index (χ2n) is 4.30. The van der Waals surface area contributed by atoms with Crippen molar-refractivity contribution in [2.24, 2.45) is 0 Å². The minimum atomic E-state index is -0.0670. The third-order valence-corrected chi connectivity index (χ3v) is 4.29. The molecule has 2 N–H and O–H groups in total. The molecule has 0 aliphatic heterocycles. The third kappa shape index (κ3) is 4.09. The van der Waals surface area contributed by atoms with Crippen molar-refractivity contribution in [1.29, 1.82) is 0 Å². The van der Waals surface area contributed by atoms with Gasteiger partial charge in [0.15, 0.2) is 5.13 Å². The lowest BCUT2D eigenvalue weighted by Gasteiger charge is -2.09. The fourth-order valence-electron chi connectivity index (χ4n) is 1.79. The monoisotopic (exact) mass is 319 g/mol. The van der Waals surface area contributed by atoms with Gasteiger partial charge in [-0.25, -0.2) is 4.98 Å². The molecule has 110 valence electrons. The fraction of sp³-hybridized carbons (Fsp3) is 0.200. The van der Waals surface area contributed by atoms with E-state index in [-0.39, 0.29) is 5.91 Å². The summed E-state index contributed by atoms with van der Waals surface area (Å²) in [5.74, 6) is -0.0670. The Bertz CT molecular complexity index is 652. The highest BCUT2D eigenvalue weighted by molar-refractivity contribution is 7.98. The molecule has 1 aromatic carbocycles. The highest BCUT2D eigenvalue weighted by atomic mass is 32.2. The van der Waals surface area contributed by atoms with E-state index in [1.54, 1.807) is 29.2 Å². The van der Waals surface area contributed by atoms with Crippen LogP contribution < -0.4 is 10.6 Å². The normalized spacial score (nSPS) is 10.2. The Morgan fingerprint density at radius 3 is 3.00 bits per heavy atom. The van der Waals surface area contributed by atoms with Crippen molar-refractivity contribution in [2.45, 2.75) is 11.8 Å². The van der Waals surface area contributed by atoms with Gasteiger partial charge in [0.2, 0.25) is 5.91 Å². The number of hydrogen-bond donors (Lipinski definition) is 2. The number of anilines is 2. The SMILES string of the molecule is C=CCNc1nc(-c2ccc(NC(C)=O)c(SC)c2)cs1. The van der Waals surface area contributed by atoms with E-state index in [9.17, 15) is 4.79 Å². The van der Waals surface area contributed by atoms with Gasteiger partial charge in [0.1, 0.15) is 0 Å². The van der Waals surface area contributed by atoms with Crippen molar-refractivity contribution in [3.8, 4) is 11.3 Å². The molecular weight excluding hydrogens is 302 g/mol. The molecular formula is C15H17N3OS2. The van der Waals surface area contributed by atoms with Gasteiger partial charge in [0.25, 0.3) is 0 Å². The summed E-state index contributed by atoms with van der Waals surface area (Å²) < 4.78 is 0. The number of amides is 1. The summed E-state index contributed by atoms with van der Waals surface area (Å²) in [6, 6.07) is 5.93. The number of benzene rings is 1. The lowest BCUT2D eigenvalue weighted by atomic mass is 10.1. The summed E-state index contributed by atoms with van der Waals surface area (Å²) in [7, 11) is 0. The predicted molar refractivity (Wildman–Crippen MR) is 92.3 cm³/mol. The summed E-state index contributed by atoms with van der Waals surface area (Å²) in [4.78, 5) is 16.8. The van der Waals surface area contributed by atoms with E-state index in [1.807, 2.05) is 29.8 Å². The van der Waals surface area contributed by atoms with Crippen molar-refractivity contribution in [1.82, 2.24) is 4.98 Å². The van der Waals surface area contributed by atoms with Crippen molar-refractivity contribution in [3.63, 3.8) is 0 Å². The number of hydrogen-bond acceptors (Lipinski definition) is 5. The summed E-state index contributed by atoms with van der Waals surface area (Å²) in [5.41, 5.74) is 2.80. The van der Waals surface area contributed by atoms with Crippen LogP contribution in [0.2, 0.25) is 0 Å². The third-order valence-electron chi connectivity index (χ3n) is 2.71. The molecule has 6 heteroatoms. The maximum absolute atomic E-state index is 11.2. The summed E-state index contributed by atoms with van der Waals surface area (Å²) in [5, 5.41) is 8.91. The average molecular weight is 319 g/mol. The first-order chi connectivity index (χ1) is 10.1. The first-order valence-corrected chi connectivity index (χ1v) is 8.50. The van der Waals surface area contributed by atoms with Crippen LogP contribution in [0.5, 0.6) is 0 Å². The topological polar surface area (TPSA) is 54.0 Å². The maximum atomic E-state index is 11.2. The first kappa shape index (κ1) is 15.6. The van der Waals surface area contributed by atoms with E-state index in [2.05, 4.69) is 22.2 Å². The van der Waals surface area contributed by atoms with Crippen molar-refractivity contribution in [3.05, 3.63) is 36.2 Å². The van der Waals surface area contributed by atoms with Crippen molar-refractivity contribution in [2.75, 3.05) is 23.4 Å². The summed E-state index contributed by atoms with van der Waals surface area (Å²) >= 11 is 3.17. The molecule has 0 spiro atoms. The minimum Gasteiger partial charge on any atom is -0.358 e. The molecule has 0 fully saturated rings. The smallest absolute Gasteiger partial charge is 0.221 e. The van der Waals surface area contributed by atoms with Gasteiger partial charge in [-0.15, -0.1) is 29.7 Å². The summed E-state index contributed by atoms with van der Waals surface area (Å²) in [6.07, 6.45) is 3.79. The number of carbonyl (C=O) groups excluding carboxylic acids is 1. The lowest BCUT2D eigenvalue weighted by molar-refractivity contribution is -0.114. The zero-order chi connectivity index (χ0) is 15.2. The Labute approximate surface area is 132 Å². The molecule has 0 aliphatic rings.